The molecule has 0 aliphatic heterocycles. The van der Waals surface area contributed by atoms with Crippen LogP contribution in [-0.4, -0.2) is 42.0 Å². The van der Waals surface area contributed by atoms with Crippen LogP contribution < -0.4 is 4.90 Å². The highest BCUT2D eigenvalue weighted by atomic mass is 35.5. The summed E-state index contributed by atoms with van der Waals surface area (Å²) in [5.41, 5.74) is 1.44. The highest BCUT2D eigenvalue weighted by molar-refractivity contribution is 7.22. The fraction of sp³-hybridized carbons (Fsp3) is 0.250. The highest BCUT2D eigenvalue weighted by Crippen LogP contribution is 2.34. The van der Waals surface area contributed by atoms with Crippen LogP contribution in [0.1, 0.15) is 24.2 Å². The van der Waals surface area contributed by atoms with Crippen LogP contribution >= 0.6 is 22.9 Å². The molecule has 3 aromatic carbocycles. The van der Waals surface area contributed by atoms with Crippen LogP contribution in [0.4, 0.5) is 5.13 Å². The molecule has 1 amide bonds. The molecule has 0 unspecified atom stereocenters. The van der Waals surface area contributed by atoms with Crippen molar-refractivity contribution < 1.29 is 4.79 Å². The molecule has 4 aromatic rings. The van der Waals surface area contributed by atoms with Crippen molar-refractivity contribution in [2.75, 3.05) is 31.1 Å². The monoisotopic (exact) mass is 437 g/mol. The van der Waals surface area contributed by atoms with Crippen molar-refractivity contribution in [3.8, 4) is 0 Å². The Morgan fingerprint density at radius 3 is 2.47 bits per heavy atom. The summed E-state index contributed by atoms with van der Waals surface area (Å²) in [7, 11) is 0. The normalized spacial score (nSPS) is 11.5. The Bertz CT molecular complexity index is 1180. The lowest BCUT2D eigenvalue weighted by Crippen LogP contribution is -2.39. The number of likely N-dealkylation sites (N-methyl/N-ethyl adjacent to an activating group) is 1. The van der Waals surface area contributed by atoms with E-state index in [-0.39, 0.29) is 5.91 Å². The first-order valence-corrected chi connectivity index (χ1v) is 11.4. The van der Waals surface area contributed by atoms with Gasteiger partial charge in [-0.15, -0.1) is 0 Å². The second-order valence-corrected chi connectivity index (χ2v) is 8.51. The Kier molecular flexibility index (Phi) is 6.32. The van der Waals surface area contributed by atoms with E-state index in [0.717, 1.165) is 40.6 Å². The molecule has 1 heterocycles. The fourth-order valence-electron chi connectivity index (χ4n) is 3.64. The molecule has 4 rings (SSSR count). The van der Waals surface area contributed by atoms with Gasteiger partial charge in [0.2, 0.25) is 0 Å². The maximum Gasteiger partial charge on any atom is 0.260 e. The summed E-state index contributed by atoms with van der Waals surface area (Å²) in [6.45, 7) is 7.51. The topological polar surface area (TPSA) is 36.4 Å². The van der Waals surface area contributed by atoms with Crippen molar-refractivity contribution in [1.29, 1.82) is 0 Å². The molecule has 0 saturated carbocycles. The number of anilines is 1. The molecule has 4 nitrogen and oxygen atoms in total. The van der Waals surface area contributed by atoms with E-state index >= 15 is 0 Å². The van der Waals surface area contributed by atoms with Gasteiger partial charge < -0.3 is 4.90 Å². The van der Waals surface area contributed by atoms with Crippen molar-refractivity contribution in [3.63, 3.8) is 0 Å². The van der Waals surface area contributed by atoms with Gasteiger partial charge in [-0.05, 0) is 42.1 Å². The zero-order valence-corrected chi connectivity index (χ0v) is 18.7. The third-order valence-electron chi connectivity index (χ3n) is 5.39. The Morgan fingerprint density at radius 2 is 1.70 bits per heavy atom. The minimum absolute atomic E-state index is 0.0332. The van der Waals surface area contributed by atoms with Gasteiger partial charge in [0, 0.05) is 18.7 Å². The Balaban J connectivity index is 1.77. The number of para-hydroxylation sites is 1. The number of hydrogen-bond donors (Lipinski definition) is 0. The molecule has 0 fully saturated rings. The number of amides is 1. The van der Waals surface area contributed by atoms with Crippen molar-refractivity contribution in [3.05, 3.63) is 71.2 Å². The standard InChI is InChI=1S/C24H24ClN3OS/c1-3-27(4-2)15-16-28(24-26-22-20(25)13-8-14-21(22)30-24)23(29)19-12-7-10-17-9-5-6-11-18(17)19/h5-14H,3-4,15-16H2,1-2H3. The van der Waals surface area contributed by atoms with Crippen LogP contribution in [0.15, 0.2) is 60.7 Å². The molecular formula is C24H24ClN3OS. The highest BCUT2D eigenvalue weighted by Gasteiger charge is 2.23. The van der Waals surface area contributed by atoms with E-state index in [0.29, 0.717) is 22.3 Å². The van der Waals surface area contributed by atoms with Crippen LogP contribution in [0.3, 0.4) is 0 Å². The van der Waals surface area contributed by atoms with Gasteiger partial charge >= 0.3 is 0 Å². The number of benzene rings is 3. The maximum absolute atomic E-state index is 13.8. The quantitative estimate of drug-likeness (QED) is 0.351. The molecule has 0 aliphatic rings. The van der Waals surface area contributed by atoms with E-state index in [4.69, 9.17) is 16.6 Å². The number of nitrogens with zero attached hydrogens (tertiary/aromatic N) is 3. The summed E-state index contributed by atoms with van der Waals surface area (Å²) >= 11 is 7.86. The van der Waals surface area contributed by atoms with Gasteiger partial charge in [0.05, 0.1) is 9.72 Å². The van der Waals surface area contributed by atoms with Gasteiger partial charge in [-0.25, -0.2) is 4.98 Å². The number of halogens is 1. The molecule has 0 N–H and O–H groups in total. The van der Waals surface area contributed by atoms with Crippen molar-refractivity contribution in [2.45, 2.75) is 13.8 Å². The molecular weight excluding hydrogens is 414 g/mol. The van der Waals surface area contributed by atoms with Crippen LogP contribution in [0.25, 0.3) is 21.0 Å². The van der Waals surface area contributed by atoms with Crippen LogP contribution in [-0.2, 0) is 0 Å². The van der Waals surface area contributed by atoms with E-state index in [1.54, 1.807) is 4.90 Å². The van der Waals surface area contributed by atoms with E-state index in [1.807, 2.05) is 60.7 Å². The summed E-state index contributed by atoms with van der Waals surface area (Å²) in [6.07, 6.45) is 0. The molecule has 0 bridgehead atoms. The Labute approximate surface area is 185 Å². The van der Waals surface area contributed by atoms with Crippen molar-refractivity contribution in [1.82, 2.24) is 9.88 Å². The van der Waals surface area contributed by atoms with Gasteiger partial charge in [-0.1, -0.05) is 79.2 Å². The number of rotatable bonds is 7. The first kappa shape index (κ1) is 20.8. The molecule has 0 spiro atoms. The van der Waals surface area contributed by atoms with Gasteiger partial charge in [0.15, 0.2) is 5.13 Å². The van der Waals surface area contributed by atoms with E-state index in [2.05, 4.69) is 18.7 Å². The number of hydrogen-bond acceptors (Lipinski definition) is 4. The SMILES string of the molecule is CCN(CC)CCN(C(=O)c1cccc2ccccc12)c1nc2c(Cl)cccc2s1. The summed E-state index contributed by atoms with van der Waals surface area (Å²) < 4.78 is 0.982. The summed E-state index contributed by atoms with van der Waals surface area (Å²) in [5.74, 6) is -0.0332. The average molecular weight is 438 g/mol. The zero-order valence-electron chi connectivity index (χ0n) is 17.1. The predicted octanol–water partition coefficient (Wildman–Crippen LogP) is 6.09. The van der Waals surface area contributed by atoms with Gasteiger partial charge in [0.1, 0.15) is 5.52 Å². The number of carbonyl (C=O) groups excluding carboxylic acids is 1. The first-order chi connectivity index (χ1) is 14.6. The van der Waals surface area contributed by atoms with E-state index < -0.39 is 0 Å². The lowest BCUT2D eigenvalue weighted by atomic mass is 10.0. The first-order valence-electron chi connectivity index (χ1n) is 10.2. The Morgan fingerprint density at radius 1 is 0.967 bits per heavy atom. The molecule has 30 heavy (non-hydrogen) atoms. The zero-order chi connectivity index (χ0) is 21.1. The molecule has 0 aliphatic carbocycles. The van der Waals surface area contributed by atoms with Crippen molar-refractivity contribution >= 4 is 55.0 Å². The Hall–Kier alpha value is -2.47. The lowest BCUT2D eigenvalue weighted by Gasteiger charge is -2.25. The maximum atomic E-state index is 13.8. The molecule has 0 saturated heterocycles. The molecule has 0 radical (unpaired) electrons. The fourth-order valence-corrected chi connectivity index (χ4v) is 4.93. The number of carbonyl (C=O) groups is 1. The molecule has 1 aromatic heterocycles. The van der Waals surface area contributed by atoms with Crippen molar-refractivity contribution in [2.24, 2.45) is 0 Å². The summed E-state index contributed by atoms with van der Waals surface area (Å²) in [5, 5.41) is 3.30. The lowest BCUT2D eigenvalue weighted by molar-refractivity contribution is 0.0985. The third-order valence-corrected chi connectivity index (χ3v) is 6.74. The predicted molar refractivity (Wildman–Crippen MR) is 128 cm³/mol. The van der Waals surface area contributed by atoms with Crippen LogP contribution in [0.5, 0.6) is 0 Å². The minimum atomic E-state index is -0.0332. The molecule has 6 heteroatoms. The smallest absolute Gasteiger partial charge is 0.260 e. The number of fused-ring (bicyclic) bond motifs is 2. The summed E-state index contributed by atoms with van der Waals surface area (Å²) in [4.78, 5) is 22.6. The van der Waals surface area contributed by atoms with Gasteiger partial charge in [-0.2, -0.15) is 0 Å². The van der Waals surface area contributed by atoms with Gasteiger partial charge in [-0.3, -0.25) is 9.69 Å². The molecule has 0 atom stereocenters. The number of aromatic nitrogens is 1. The molecule has 154 valence electrons. The van der Waals surface area contributed by atoms with Crippen LogP contribution in [0, 0.1) is 0 Å². The van der Waals surface area contributed by atoms with Crippen LogP contribution in [0.2, 0.25) is 5.02 Å². The second kappa shape index (κ2) is 9.13. The largest absolute Gasteiger partial charge is 0.302 e. The third kappa shape index (κ3) is 4.06. The van der Waals surface area contributed by atoms with E-state index in [1.165, 1.54) is 11.3 Å². The van der Waals surface area contributed by atoms with Gasteiger partial charge in [0.25, 0.3) is 5.91 Å². The summed E-state index contributed by atoms with van der Waals surface area (Å²) in [6, 6.07) is 19.6. The minimum Gasteiger partial charge on any atom is -0.302 e. The number of thiazole rings is 1. The second-order valence-electron chi connectivity index (χ2n) is 7.09. The van der Waals surface area contributed by atoms with E-state index in [9.17, 15) is 4.79 Å². The average Bonchev–Trinajstić information content (AvgIpc) is 3.21.